The van der Waals surface area contributed by atoms with Crippen molar-refractivity contribution in [2.24, 2.45) is 16.9 Å². The van der Waals surface area contributed by atoms with E-state index in [1.807, 2.05) is 0 Å². The highest BCUT2D eigenvalue weighted by molar-refractivity contribution is 5.96. The molecule has 1 aliphatic heterocycles. The van der Waals surface area contributed by atoms with Gasteiger partial charge in [-0.25, -0.2) is 0 Å². The van der Waals surface area contributed by atoms with Crippen LogP contribution in [0.4, 0.5) is 0 Å². The van der Waals surface area contributed by atoms with Crippen LogP contribution in [0.1, 0.15) is 40.0 Å². The highest BCUT2D eigenvalue weighted by Gasteiger charge is 2.23. The number of hydrogen-bond acceptors (Lipinski definition) is 2. The molecular formula is C10H19N3. The third-order valence-corrected chi connectivity index (χ3v) is 2.74. The van der Waals surface area contributed by atoms with E-state index in [0.29, 0.717) is 17.7 Å². The maximum Gasteiger partial charge on any atom is 0.114 e. The number of hydrogen-bond donors (Lipinski definition) is 2. The molecule has 2 N–H and O–H groups in total. The minimum Gasteiger partial charge on any atom is -0.287 e. The van der Waals surface area contributed by atoms with Gasteiger partial charge >= 0.3 is 0 Å². The molecule has 0 radical (unpaired) electrons. The van der Waals surface area contributed by atoms with Gasteiger partial charge in [0.1, 0.15) is 5.84 Å². The molecule has 0 aromatic carbocycles. The smallest absolute Gasteiger partial charge is 0.114 e. The predicted molar refractivity (Wildman–Crippen MR) is 56.2 cm³/mol. The standard InChI is InChI=1S/C10H19N3/c1-4-8(5-2)10-7(3)6-9(11)12-13-10/h7-8H,4-6H2,1-3H3,(H2,11,12). The molecule has 0 saturated carbocycles. The van der Waals surface area contributed by atoms with Crippen LogP contribution >= 0.6 is 0 Å². The number of nitrogens with one attached hydrogen (secondary N) is 2. The van der Waals surface area contributed by atoms with E-state index >= 15 is 0 Å². The van der Waals surface area contributed by atoms with Crippen molar-refractivity contribution >= 4 is 11.5 Å². The lowest BCUT2D eigenvalue weighted by atomic mass is 9.86. The Labute approximate surface area is 80.1 Å². The molecule has 0 aromatic heterocycles. The van der Waals surface area contributed by atoms with Gasteiger partial charge in [-0.1, -0.05) is 20.8 Å². The van der Waals surface area contributed by atoms with E-state index in [0.717, 1.165) is 19.3 Å². The molecule has 1 unspecified atom stereocenters. The van der Waals surface area contributed by atoms with Gasteiger partial charge in [-0.15, -0.1) is 0 Å². The van der Waals surface area contributed by atoms with Crippen molar-refractivity contribution in [3.8, 4) is 0 Å². The summed E-state index contributed by atoms with van der Waals surface area (Å²) < 4.78 is 0. The first-order chi connectivity index (χ1) is 6.19. The highest BCUT2D eigenvalue weighted by Crippen LogP contribution is 2.20. The Morgan fingerprint density at radius 2 is 2.15 bits per heavy atom. The lowest BCUT2D eigenvalue weighted by Crippen LogP contribution is -2.34. The van der Waals surface area contributed by atoms with Crippen molar-refractivity contribution in [3.05, 3.63) is 0 Å². The topological polar surface area (TPSA) is 48.2 Å². The van der Waals surface area contributed by atoms with E-state index in [2.05, 4.69) is 31.3 Å². The molecule has 1 atom stereocenters. The zero-order chi connectivity index (χ0) is 9.84. The summed E-state index contributed by atoms with van der Waals surface area (Å²) in [7, 11) is 0. The van der Waals surface area contributed by atoms with Crippen LogP contribution in [0.25, 0.3) is 0 Å². The van der Waals surface area contributed by atoms with Crippen LogP contribution in [0.2, 0.25) is 0 Å². The average molecular weight is 181 g/mol. The molecule has 0 spiro atoms. The van der Waals surface area contributed by atoms with E-state index < -0.39 is 0 Å². The molecule has 1 heterocycles. The highest BCUT2D eigenvalue weighted by atomic mass is 15.3. The molecule has 3 heteroatoms. The second-order valence-corrected chi connectivity index (χ2v) is 3.75. The van der Waals surface area contributed by atoms with Gasteiger partial charge in [0.25, 0.3) is 0 Å². The molecule has 13 heavy (non-hydrogen) atoms. The van der Waals surface area contributed by atoms with E-state index in [-0.39, 0.29) is 0 Å². The van der Waals surface area contributed by atoms with E-state index in [1.54, 1.807) is 0 Å². The fraction of sp³-hybridized carbons (Fsp3) is 0.800. The Bertz CT molecular complexity index is 216. The Morgan fingerprint density at radius 1 is 1.54 bits per heavy atom. The summed E-state index contributed by atoms with van der Waals surface area (Å²) in [5, 5.41) is 11.7. The van der Waals surface area contributed by atoms with E-state index in [4.69, 9.17) is 5.41 Å². The quantitative estimate of drug-likeness (QED) is 0.690. The van der Waals surface area contributed by atoms with Gasteiger partial charge in [0.05, 0.1) is 0 Å². The Kier molecular flexibility index (Phi) is 3.46. The molecule has 0 aromatic rings. The first kappa shape index (κ1) is 10.2. The van der Waals surface area contributed by atoms with Gasteiger partial charge in [0, 0.05) is 18.1 Å². The van der Waals surface area contributed by atoms with Crippen molar-refractivity contribution in [3.63, 3.8) is 0 Å². The lowest BCUT2D eigenvalue weighted by Gasteiger charge is -2.25. The number of rotatable bonds is 3. The van der Waals surface area contributed by atoms with Gasteiger partial charge in [0.2, 0.25) is 0 Å². The lowest BCUT2D eigenvalue weighted by molar-refractivity contribution is 0.581. The zero-order valence-electron chi connectivity index (χ0n) is 8.72. The Morgan fingerprint density at radius 3 is 2.62 bits per heavy atom. The van der Waals surface area contributed by atoms with Crippen LogP contribution in [-0.2, 0) is 0 Å². The molecule has 0 amide bonds. The Hall–Kier alpha value is -0.860. The largest absolute Gasteiger partial charge is 0.287 e. The van der Waals surface area contributed by atoms with Gasteiger partial charge in [-0.2, -0.15) is 5.10 Å². The summed E-state index contributed by atoms with van der Waals surface area (Å²) in [5.74, 6) is 1.58. The number of amidine groups is 1. The third-order valence-electron chi connectivity index (χ3n) is 2.74. The average Bonchev–Trinajstić information content (AvgIpc) is 2.10. The molecule has 0 bridgehead atoms. The maximum atomic E-state index is 7.45. The SMILES string of the molecule is CCC(CC)C1=NNC(=N)CC1C. The molecule has 0 aliphatic carbocycles. The number of nitrogens with zero attached hydrogens (tertiary/aromatic N) is 1. The summed E-state index contributed by atoms with van der Waals surface area (Å²) in [6, 6.07) is 0. The first-order valence-electron chi connectivity index (χ1n) is 5.09. The summed E-state index contributed by atoms with van der Waals surface area (Å²) in [6.07, 6.45) is 3.11. The van der Waals surface area contributed by atoms with Crippen LogP contribution in [0, 0.1) is 17.2 Å². The van der Waals surface area contributed by atoms with Crippen LogP contribution in [0.3, 0.4) is 0 Å². The molecular weight excluding hydrogens is 162 g/mol. The maximum absolute atomic E-state index is 7.45. The molecule has 0 fully saturated rings. The van der Waals surface area contributed by atoms with Crippen LogP contribution in [0.5, 0.6) is 0 Å². The van der Waals surface area contributed by atoms with Crippen molar-refractivity contribution in [2.45, 2.75) is 40.0 Å². The van der Waals surface area contributed by atoms with Crippen molar-refractivity contribution in [2.75, 3.05) is 0 Å². The normalized spacial score (nSPS) is 22.9. The van der Waals surface area contributed by atoms with Gasteiger partial charge in [-0.3, -0.25) is 10.8 Å². The second-order valence-electron chi connectivity index (χ2n) is 3.75. The molecule has 0 saturated heterocycles. The fourth-order valence-electron chi connectivity index (χ4n) is 1.90. The molecule has 1 rings (SSSR count). The summed E-state index contributed by atoms with van der Waals surface area (Å²) >= 11 is 0. The van der Waals surface area contributed by atoms with Crippen molar-refractivity contribution in [1.29, 1.82) is 5.41 Å². The van der Waals surface area contributed by atoms with E-state index in [1.165, 1.54) is 5.71 Å². The van der Waals surface area contributed by atoms with Crippen molar-refractivity contribution in [1.82, 2.24) is 5.43 Å². The van der Waals surface area contributed by atoms with Crippen molar-refractivity contribution < 1.29 is 0 Å². The van der Waals surface area contributed by atoms with Gasteiger partial charge < -0.3 is 0 Å². The van der Waals surface area contributed by atoms with Gasteiger partial charge in [-0.05, 0) is 18.8 Å². The summed E-state index contributed by atoms with van der Waals surface area (Å²) in [6.45, 7) is 6.55. The Balaban J connectivity index is 2.72. The van der Waals surface area contributed by atoms with Gasteiger partial charge in [0.15, 0.2) is 0 Å². The minimum atomic E-state index is 0.443. The number of hydrazone groups is 1. The molecule has 74 valence electrons. The second kappa shape index (κ2) is 4.40. The molecule has 1 aliphatic rings. The molecule has 3 nitrogen and oxygen atoms in total. The minimum absolute atomic E-state index is 0.443. The monoisotopic (exact) mass is 181 g/mol. The van der Waals surface area contributed by atoms with Crippen LogP contribution in [-0.4, -0.2) is 11.5 Å². The predicted octanol–water partition coefficient (Wildman–Crippen LogP) is 2.39. The first-order valence-corrected chi connectivity index (χ1v) is 5.09. The zero-order valence-corrected chi connectivity index (χ0v) is 8.72. The summed E-state index contributed by atoms with van der Waals surface area (Å²) in [4.78, 5) is 0. The van der Waals surface area contributed by atoms with Crippen LogP contribution < -0.4 is 5.43 Å². The van der Waals surface area contributed by atoms with E-state index in [9.17, 15) is 0 Å². The third kappa shape index (κ3) is 2.29. The fourth-order valence-corrected chi connectivity index (χ4v) is 1.90. The van der Waals surface area contributed by atoms with Crippen LogP contribution in [0.15, 0.2) is 5.10 Å². The summed E-state index contributed by atoms with van der Waals surface area (Å²) in [5.41, 5.74) is 4.03.